The van der Waals surface area contributed by atoms with Crippen LogP contribution in [0.25, 0.3) is 10.9 Å². The van der Waals surface area contributed by atoms with E-state index in [0.717, 1.165) is 5.39 Å². The molecular formula is C25H31ClN4O4. The number of hydrogen-bond donors (Lipinski definition) is 3. The second-order valence-corrected chi connectivity index (χ2v) is 10.5. The van der Waals surface area contributed by atoms with Crippen LogP contribution in [-0.4, -0.2) is 42.3 Å². The van der Waals surface area contributed by atoms with Crippen molar-refractivity contribution in [1.82, 2.24) is 15.6 Å². The molecule has 1 fully saturated rings. The molecule has 34 heavy (non-hydrogen) atoms. The van der Waals surface area contributed by atoms with Crippen molar-refractivity contribution in [2.45, 2.75) is 52.5 Å². The fraction of sp³-hybridized carbons (Fsp3) is 0.520. The molecule has 1 aromatic carbocycles. The summed E-state index contributed by atoms with van der Waals surface area (Å²) in [4.78, 5) is 41.3. The number of Topliss-reactive ketones (excluding diaryl/α,β-unsaturated/α-hetero) is 1. The van der Waals surface area contributed by atoms with Gasteiger partial charge in [-0.15, -0.1) is 0 Å². The molecule has 2 aromatic rings. The second-order valence-electron chi connectivity index (χ2n) is 10.0. The summed E-state index contributed by atoms with van der Waals surface area (Å²) in [6.07, 6.45) is 1.34. The molecule has 3 rings (SSSR count). The van der Waals surface area contributed by atoms with Crippen molar-refractivity contribution in [3.05, 3.63) is 28.9 Å². The molecule has 182 valence electrons. The maximum Gasteiger partial charge on any atom is 0.224 e. The van der Waals surface area contributed by atoms with E-state index in [4.69, 9.17) is 16.3 Å². The third kappa shape index (κ3) is 6.29. The van der Waals surface area contributed by atoms with Gasteiger partial charge >= 0.3 is 0 Å². The monoisotopic (exact) mass is 486 g/mol. The molecule has 1 aliphatic heterocycles. The average molecular weight is 487 g/mol. The highest BCUT2D eigenvalue weighted by atomic mass is 35.5. The third-order valence-electron chi connectivity index (χ3n) is 6.01. The summed E-state index contributed by atoms with van der Waals surface area (Å²) in [6, 6.07) is 6.44. The van der Waals surface area contributed by atoms with Crippen molar-refractivity contribution in [3.8, 4) is 11.8 Å². The highest BCUT2D eigenvalue weighted by Crippen LogP contribution is 2.31. The zero-order chi connectivity index (χ0) is 25.0. The Balaban J connectivity index is 1.76. The van der Waals surface area contributed by atoms with Crippen molar-refractivity contribution in [2.75, 3.05) is 13.7 Å². The summed E-state index contributed by atoms with van der Waals surface area (Å²) < 4.78 is 5.24. The molecule has 0 aliphatic carbocycles. The molecule has 0 unspecified atom stereocenters. The number of hydrogen-bond acceptors (Lipinski definition) is 5. The number of carbonyl (C=O) groups is 3. The smallest absolute Gasteiger partial charge is 0.224 e. The van der Waals surface area contributed by atoms with E-state index in [1.165, 1.54) is 0 Å². The number of ether oxygens (including phenoxy) is 1. The van der Waals surface area contributed by atoms with Crippen molar-refractivity contribution in [1.29, 1.82) is 5.26 Å². The number of carbonyl (C=O) groups excluding carboxylic acids is 3. The van der Waals surface area contributed by atoms with Crippen LogP contribution in [0.4, 0.5) is 0 Å². The lowest BCUT2D eigenvalue weighted by Gasteiger charge is -2.26. The fourth-order valence-corrected chi connectivity index (χ4v) is 4.62. The Labute approximate surface area is 204 Å². The lowest BCUT2D eigenvalue weighted by Crippen LogP contribution is -2.41. The summed E-state index contributed by atoms with van der Waals surface area (Å²) in [5.74, 6) is -1.01. The Bertz CT molecular complexity index is 1130. The van der Waals surface area contributed by atoms with Gasteiger partial charge in [-0.3, -0.25) is 14.4 Å². The van der Waals surface area contributed by atoms with E-state index < -0.39 is 12.0 Å². The topological polar surface area (TPSA) is 124 Å². The van der Waals surface area contributed by atoms with Crippen LogP contribution >= 0.6 is 11.6 Å². The number of aromatic nitrogens is 1. The van der Waals surface area contributed by atoms with Crippen LogP contribution in [0.15, 0.2) is 18.2 Å². The number of ketones is 1. The average Bonchev–Trinajstić information content (AvgIpc) is 3.38. The molecule has 1 aliphatic rings. The number of benzene rings is 1. The molecule has 2 amide bonds. The minimum absolute atomic E-state index is 0.0211. The summed E-state index contributed by atoms with van der Waals surface area (Å²) in [7, 11) is 1.54. The molecule has 8 nitrogen and oxygen atoms in total. The zero-order valence-corrected chi connectivity index (χ0v) is 20.7. The predicted octanol–water partition coefficient (Wildman–Crippen LogP) is 3.99. The molecule has 3 atom stereocenters. The molecular weight excluding hydrogens is 456 g/mol. The van der Waals surface area contributed by atoms with E-state index >= 15 is 0 Å². The van der Waals surface area contributed by atoms with E-state index in [2.05, 4.69) is 21.7 Å². The maximum atomic E-state index is 13.2. The molecule has 0 spiro atoms. The number of nitriles is 1. The molecule has 9 heteroatoms. The summed E-state index contributed by atoms with van der Waals surface area (Å²) in [5.41, 5.74) is 0.769. The van der Waals surface area contributed by atoms with Gasteiger partial charge in [-0.1, -0.05) is 32.4 Å². The summed E-state index contributed by atoms with van der Waals surface area (Å²) >= 11 is 6.31. The number of fused-ring (bicyclic) bond motifs is 1. The first-order valence-corrected chi connectivity index (χ1v) is 11.8. The van der Waals surface area contributed by atoms with Gasteiger partial charge in [-0.05, 0) is 36.8 Å². The Kier molecular flexibility index (Phi) is 7.88. The van der Waals surface area contributed by atoms with E-state index in [-0.39, 0.29) is 41.8 Å². The molecule has 3 N–H and O–H groups in total. The Morgan fingerprint density at radius 1 is 1.32 bits per heavy atom. The highest BCUT2D eigenvalue weighted by Gasteiger charge is 2.32. The number of aromatic amines is 1. The quantitative estimate of drug-likeness (QED) is 0.462. The van der Waals surface area contributed by atoms with Crippen LogP contribution in [-0.2, 0) is 9.59 Å². The largest absolute Gasteiger partial charge is 0.497 e. The van der Waals surface area contributed by atoms with Crippen LogP contribution in [0.2, 0.25) is 5.02 Å². The number of methoxy groups -OCH3 is 1. The van der Waals surface area contributed by atoms with Crippen LogP contribution in [0, 0.1) is 28.6 Å². The lowest BCUT2D eigenvalue weighted by atomic mass is 9.81. The Morgan fingerprint density at radius 3 is 2.65 bits per heavy atom. The predicted molar refractivity (Wildman–Crippen MR) is 130 cm³/mol. The standard InChI is InChI=1S/C25H31ClN4O4/c1-25(2,3)12-16(24(33)29-17(13-27)7-14-5-6-28-23(14)32)10-21(31)20-9-15-8-18(34-4)11-19(26)22(15)30-20/h8-9,11,14,16-17,30H,5-7,10,12H2,1-4H3,(H,28,32)(H,29,33)/t14-,16-,17-/m0/s1. The van der Waals surface area contributed by atoms with Gasteiger partial charge in [0, 0.05) is 36.3 Å². The first-order chi connectivity index (χ1) is 16.0. The zero-order valence-electron chi connectivity index (χ0n) is 20.0. The van der Waals surface area contributed by atoms with Gasteiger partial charge in [0.15, 0.2) is 5.78 Å². The molecule has 2 heterocycles. The van der Waals surface area contributed by atoms with Crippen molar-refractivity contribution >= 4 is 40.1 Å². The number of nitrogens with one attached hydrogen (secondary N) is 3. The minimum atomic E-state index is -0.793. The van der Waals surface area contributed by atoms with Crippen molar-refractivity contribution in [2.24, 2.45) is 17.3 Å². The maximum absolute atomic E-state index is 13.2. The van der Waals surface area contributed by atoms with Gasteiger partial charge in [-0.25, -0.2) is 0 Å². The van der Waals surface area contributed by atoms with Gasteiger partial charge in [0.05, 0.1) is 29.4 Å². The second kappa shape index (κ2) is 10.5. The third-order valence-corrected chi connectivity index (χ3v) is 6.30. The van der Waals surface area contributed by atoms with E-state index in [9.17, 15) is 19.6 Å². The van der Waals surface area contributed by atoms with Gasteiger partial charge in [-0.2, -0.15) is 5.26 Å². The van der Waals surface area contributed by atoms with Gasteiger partial charge in [0.2, 0.25) is 11.8 Å². The number of H-pyrrole nitrogens is 1. The normalized spacial score (nSPS) is 17.6. The van der Waals surface area contributed by atoms with Gasteiger partial charge in [0.1, 0.15) is 11.8 Å². The SMILES string of the molecule is COc1cc(Cl)c2[nH]c(C(=O)C[C@@H](CC(C)(C)C)C(=O)N[C@H](C#N)C[C@@H]3CCNC3=O)cc2c1. The van der Waals surface area contributed by atoms with E-state index in [0.29, 0.717) is 41.4 Å². The van der Waals surface area contributed by atoms with Gasteiger partial charge < -0.3 is 20.4 Å². The number of halogens is 1. The molecule has 1 saturated heterocycles. The minimum Gasteiger partial charge on any atom is -0.497 e. The van der Waals surface area contributed by atoms with Crippen LogP contribution in [0.1, 0.15) is 56.9 Å². The van der Waals surface area contributed by atoms with E-state index in [1.54, 1.807) is 25.3 Å². The first kappa shape index (κ1) is 25.6. The summed E-state index contributed by atoms with van der Waals surface area (Å²) in [6.45, 7) is 6.57. The number of rotatable bonds is 9. The Hall–Kier alpha value is -3.05. The molecule has 0 radical (unpaired) electrons. The molecule has 1 aromatic heterocycles. The fourth-order valence-electron chi connectivity index (χ4n) is 4.36. The van der Waals surface area contributed by atoms with Gasteiger partial charge in [0.25, 0.3) is 0 Å². The summed E-state index contributed by atoms with van der Waals surface area (Å²) in [5, 5.41) is 16.2. The van der Waals surface area contributed by atoms with Crippen molar-refractivity contribution < 1.29 is 19.1 Å². The first-order valence-electron chi connectivity index (χ1n) is 11.4. The van der Waals surface area contributed by atoms with Crippen LogP contribution < -0.4 is 15.4 Å². The number of nitrogens with zero attached hydrogens (tertiary/aromatic N) is 1. The highest BCUT2D eigenvalue weighted by molar-refractivity contribution is 6.35. The van der Waals surface area contributed by atoms with Crippen molar-refractivity contribution in [3.63, 3.8) is 0 Å². The number of amides is 2. The molecule has 0 bridgehead atoms. The lowest BCUT2D eigenvalue weighted by molar-refractivity contribution is -0.127. The Morgan fingerprint density at radius 2 is 2.06 bits per heavy atom. The van der Waals surface area contributed by atoms with Crippen LogP contribution in [0.5, 0.6) is 5.75 Å². The van der Waals surface area contributed by atoms with Crippen LogP contribution in [0.3, 0.4) is 0 Å². The molecule has 0 saturated carbocycles. The van der Waals surface area contributed by atoms with E-state index in [1.807, 2.05) is 20.8 Å².